The van der Waals surface area contributed by atoms with Gasteiger partial charge in [0.15, 0.2) is 0 Å². The van der Waals surface area contributed by atoms with Gasteiger partial charge < -0.3 is 24.4 Å². The molecule has 0 aliphatic carbocycles. The second-order valence-electron chi connectivity index (χ2n) is 8.17. The number of ether oxygens (including phenoxy) is 1. The van der Waals surface area contributed by atoms with Gasteiger partial charge in [-0.2, -0.15) is 0 Å². The average Bonchev–Trinajstić information content (AvgIpc) is 3.15. The van der Waals surface area contributed by atoms with Crippen LogP contribution >= 0.6 is 0 Å². The van der Waals surface area contributed by atoms with Gasteiger partial charge in [0.1, 0.15) is 6.54 Å². The Balaban J connectivity index is 2.10. The summed E-state index contributed by atoms with van der Waals surface area (Å²) in [4.78, 5) is 29.5. The van der Waals surface area contributed by atoms with Crippen LogP contribution in [0.2, 0.25) is 0 Å². The predicted molar refractivity (Wildman–Crippen MR) is 124 cm³/mol. The molecule has 1 aromatic heterocycles. The van der Waals surface area contributed by atoms with Crippen molar-refractivity contribution in [3.8, 4) is 0 Å². The number of hydrogen-bond donors (Lipinski definition) is 1. The number of rotatable bonds is 11. The maximum atomic E-state index is 13.2. The van der Waals surface area contributed by atoms with E-state index in [1.165, 1.54) is 5.56 Å². The number of carbonyl (C=O) groups excluding carboxylic acids is 2. The molecule has 7 nitrogen and oxygen atoms in total. The molecule has 0 unspecified atom stereocenters. The molecule has 3 amide bonds. The van der Waals surface area contributed by atoms with E-state index in [9.17, 15) is 9.59 Å². The van der Waals surface area contributed by atoms with Crippen LogP contribution < -0.4 is 5.32 Å². The van der Waals surface area contributed by atoms with E-state index in [-0.39, 0.29) is 24.4 Å². The van der Waals surface area contributed by atoms with Crippen molar-refractivity contribution >= 4 is 17.6 Å². The van der Waals surface area contributed by atoms with Crippen LogP contribution in [-0.2, 0) is 29.5 Å². The van der Waals surface area contributed by atoms with Gasteiger partial charge in [-0.3, -0.25) is 4.79 Å². The van der Waals surface area contributed by atoms with Crippen molar-refractivity contribution in [2.45, 2.75) is 33.7 Å². The molecule has 2 aromatic rings. The molecule has 31 heavy (non-hydrogen) atoms. The first-order valence-corrected chi connectivity index (χ1v) is 10.9. The van der Waals surface area contributed by atoms with Gasteiger partial charge in [0.25, 0.3) is 0 Å². The molecule has 1 N–H and O–H groups in total. The van der Waals surface area contributed by atoms with Gasteiger partial charge in [-0.1, -0.05) is 32.9 Å². The topological polar surface area (TPSA) is 66.8 Å². The molecule has 0 atom stereocenters. The Hall–Kier alpha value is -2.80. The summed E-state index contributed by atoms with van der Waals surface area (Å²) in [7, 11) is 3.57. The molecule has 0 radical (unpaired) electrons. The summed E-state index contributed by atoms with van der Waals surface area (Å²) in [5, 5.41) is 2.93. The third-order valence-corrected chi connectivity index (χ3v) is 5.13. The Morgan fingerprint density at radius 1 is 1.13 bits per heavy atom. The number of amides is 3. The molecular formula is C24H36N4O3. The van der Waals surface area contributed by atoms with E-state index in [0.717, 1.165) is 17.8 Å². The molecule has 0 saturated carbocycles. The van der Waals surface area contributed by atoms with Crippen molar-refractivity contribution in [3.05, 3.63) is 53.9 Å². The summed E-state index contributed by atoms with van der Waals surface area (Å²) < 4.78 is 7.18. The van der Waals surface area contributed by atoms with Crippen molar-refractivity contribution in [1.82, 2.24) is 14.4 Å². The Kier molecular flexibility index (Phi) is 9.59. The van der Waals surface area contributed by atoms with Crippen molar-refractivity contribution in [3.63, 3.8) is 0 Å². The monoisotopic (exact) mass is 428 g/mol. The maximum Gasteiger partial charge on any atom is 0.322 e. The van der Waals surface area contributed by atoms with E-state index in [1.54, 1.807) is 16.9 Å². The number of nitrogens with zero attached hydrogens (tertiary/aromatic N) is 3. The summed E-state index contributed by atoms with van der Waals surface area (Å²) in [6.07, 6.45) is 2.90. The molecule has 0 aliphatic heterocycles. The molecule has 0 saturated heterocycles. The first-order valence-electron chi connectivity index (χ1n) is 10.9. The van der Waals surface area contributed by atoms with Crippen molar-refractivity contribution < 1.29 is 14.3 Å². The van der Waals surface area contributed by atoms with Crippen LogP contribution in [0.15, 0.2) is 42.6 Å². The minimum atomic E-state index is -0.267. The lowest BCUT2D eigenvalue weighted by molar-refractivity contribution is -0.133. The van der Waals surface area contributed by atoms with Gasteiger partial charge in [-0.25, -0.2) is 4.79 Å². The number of benzene rings is 1. The summed E-state index contributed by atoms with van der Waals surface area (Å²) in [5.74, 6) is 0.136. The fourth-order valence-electron chi connectivity index (χ4n) is 3.30. The maximum absolute atomic E-state index is 13.2. The fraction of sp³-hybridized carbons (Fsp3) is 0.500. The molecule has 1 heterocycles. The molecule has 170 valence electrons. The molecule has 0 aliphatic rings. The van der Waals surface area contributed by atoms with Gasteiger partial charge in [-0.15, -0.1) is 0 Å². The van der Waals surface area contributed by atoms with Crippen LogP contribution in [0, 0.1) is 5.92 Å². The SMILES string of the molecule is CCc1ccc(NC(=O)N(CC(=O)N(CCOC)Cc2cccn2C)CC(C)C)cc1. The second kappa shape index (κ2) is 12.2. The Bertz CT molecular complexity index is 830. The van der Waals surface area contributed by atoms with Crippen molar-refractivity contribution in [1.29, 1.82) is 0 Å². The van der Waals surface area contributed by atoms with E-state index in [2.05, 4.69) is 12.2 Å². The molecule has 2 rings (SSSR count). The average molecular weight is 429 g/mol. The highest BCUT2D eigenvalue weighted by Gasteiger charge is 2.23. The number of aromatic nitrogens is 1. The first-order chi connectivity index (χ1) is 14.8. The normalized spacial score (nSPS) is 10.9. The van der Waals surface area contributed by atoms with Gasteiger partial charge in [0.2, 0.25) is 5.91 Å². The Morgan fingerprint density at radius 3 is 2.39 bits per heavy atom. The molecule has 1 aromatic carbocycles. The van der Waals surface area contributed by atoms with Crippen LogP contribution in [0.5, 0.6) is 0 Å². The third kappa shape index (κ3) is 7.75. The van der Waals surface area contributed by atoms with Crippen LogP contribution in [-0.4, -0.2) is 59.7 Å². The molecule has 7 heteroatoms. The standard InChI is InChI=1S/C24H36N4O3/c1-6-20-9-11-21(12-10-20)25-24(30)28(16-19(2)3)18-23(29)27(14-15-31-5)17-22-8-7-13-26(22)4/h7-13,19H,6,14-18H2,1-5H3,(H,25,30). The number of methoxy groups -OCH3 is 1. The highest BCUT2D eigenvalue weighted by molar-refractivity contribution is 5.92. The number of anilines is 1. The van der Waals surface area contributed by atoms with Crippen LogP contribution in [0.25, 0.3) is 0 Å². The minimum Gasteiger partial charge on any atom is -0.383 e. The summed E-state index contributed by atoms with van der Waals surface area (Å²) >= 11 is 0. The largest absolute Gasteiger partial charge is 0.383 e. The quantitative estimate of drug-likeness (QED) is 0.593. The number of hydrogen-bond acceptors (Lipinski definition) is 3. The summed E-state index contributed by atoms with van der Waals surface area (Å²) in [6, 6.07) is 11.5. The van der Waals surface area contributed by atoms with Crippen LogP contribution in [0.4, 0.5) is 10.5 Å². The van der Waals surface area contributed by atoms with Gasteiger partial charge in [0.05, 0.1) is 13.2 Å². The molecular weight excluding hydrogens is 392 g/mol. The van der Waals surface area contributed by atoms with E-state index in [1.807, 2.05) is 68.1 Å². The first kappa shape index (κ1) is 24.5. The number of urea groups is 1. The molecule has 0 bridgehead atoms. The summed E-state index contributed by atoms with van der Waals surface area (Å²) in [5.41, 5.74) is 2.96. The summed E-state index contributed by atoms with van der Waals surface area (Å²) in [6.45, 7) is 8.06. The highest BCUT2D eigenvalue weighted by atomic mass is 16.5. The van der Waals surface area contributed by atoms with E-state index in [4.69, 9.17) is 4.74 Å². The lowest BCUT2D eigenvalue weighted by atomic mass is 10.1. The fourth-order valence-corrected chi connectivity index (χ4v) is 3.30. The lowest BCUT2D eigenvalue weighted by Gasteiger charge is -2.29. The van der Waals surface area contributed by atoms with Gasteiger partial charge in [-0.05, 0) is 42.2 Å². The number of carbonyl (C=O) groups is 2. The van der Waals surface area contributed by atoms with Crippen molar-refractivity contribution in [2.75, 3.05) is 38.7 Å². The van der Waals surface area contributed by atoms with E-state index >= 15 is 0 Å². The zero-order valence-corrected chi connectivity index (χ0v) is 19.4. The van der Waals surface area contributed by atoms with Gasteiger partial charge >= 0.3 is 6.03 Å². The van der Waals surface area contributed by atoms with E-state index < -0.39 is 0 Å². The highest BCUT2D eigenvalue weighted by Crippen LogP contribution is 2.13. The molecule has 0 spiro atoms. The third-order valence-electron chi connectivity index (χ3n) is 5.13. The number of aryl methyl sites for hydroxylation is 2. The lowest BCUT2D eigenvalue weighted by Crippen LogP contribution is -2.46. The number of nitrogens with one attached hydrogen (secondary N) is 1. The van der Waals surface area contributed by atoms with E-state index in [0.29, 0.717) is 26.2 Å². The van der Waals surface area contributed by atoms with Crippen LogP contribution in [0.1, 0.15) is 32.0 Å². The smallest absolute Gasteiger partial charge is 0.322 e. The van der Waals surface area contributed by atoms with Gasteiger partial charge in [0, 0.05) is 44.8 Å². The Labute approximate surface area is 186 Å². The Morgan fingerprint density at radius 2 is 1.84 bits per heavy atom. The second-order valence-corrected chi connectivity index (χ2v) is 8.17. The zero-order chi connectivity index (χ0) is 22.8. The zero-order valence-electron chi connectivity index (χ0n) is 19.4. The molecule has 0 fully saturated rings. The predicted octanol–water partition coefficient (Wildman–Crippen LogP) is 3.75. The van der Waals surface area contributed by atoms with Crippen LogP contribution in [0.3, 0.4) is 0 Å². The minimum absolute atomic E-state index is 0.0190. The van der Waals surface area contributed by atoms with Crippen molar-refractivity contribution in [2.24, 2.45) is 13.0 Å².